The number of phenolic OH excluding ortho intramolecular Hbond substituents is 1. The van der Waals surface area contributed by atoms with E-state index in [1.807, 2.05) is 0 Å². The summed E-state index contributed by atoms with van der Waals surface area (Å²) in [6.45, 7) is 1.39. The number of benzene rings is 1. The predicted molar refractivity (Wildman–Crippen MR) is 52.2 cm³/mol. The number of carbonyl (C=O) groups excluding carboxylic acids is 1. The van der Waals surface area contributed by atoms with Crippen LogP contribution in [-0.2, 0) is 4.79 Å². The SMILES string of the molecule is CC(=O)Nc1cc2ccoc2cc1O. The molecule has 0 fully saturated rings. The molecular weight excluding hydrogens is 182 g/mol. The maximum absolute atomic E-state index is 10.8. The lowest BCUT2D eigenvalue weighted by Crippen LogP contribution is -2.05. The maximum Gasteiger partial charge on any atom is 0.221 e. The maximum atomic E-state index is 10.8. The summed E-state index contributed by atoms with van der Waals surface area (Å²) >= 11 is 0. The van der Waals surface area contributed by atoms with Crippen molar-refractivity contribution in [2.24, 2.45) is 0 Å². The third kappa shape index (κ3) is 1.42. The largest absolute Gasteiger partial charge is 0.506 e. The Hall–Kier alpha value is -1.97. The number of fused-ring (bicyclic) bond motifs is 1. The molecule has 4 nitrogen and oxygen atoms in total. The summed E-state index contributed by atoms with van der Waals surface area (Å²) in [7, 11) is 0. The monoisotopic (exact) mass is 191 g/mol. The van der Waals surface area contributed by atoms with Gasteiger partial charge in [0.15, 0.2) is 0 Å². The van der Waals surface area contributed by atoms with Gasteiger partial charge in [-0.25, -0.2) is 0 Å². The van der Waals surface area contributed by atoms with Crippen LogP contribution in [0.2, 0.25) is 0 Å². The first kappa shape index (κ1) is 8.62. The van der Waals surface area contributed by atoms with Gasteiger partial charge in [0.25, 0.3) is 0 Å². The van der Waals surface area contributed by atoms with Crippen molar-refractivity contribution in [1.29, 1.82) is 0 Å². The van der Waals surface area contributed by atoms with E-state index in [0.29, 0.717) is 11.3 Å². The molecule has 0 radical (unpaired) electrons. The Balaban J connectivity index is 2.53. The molecule has 0 aliphatic carbocycles. The van der Waals surface area contributed by atoms with Gasteiger partial charge in [-0.2, -0.15) is 0 Å². The van der Waals surface area contributed by atoms with E-state index in [1.165, 1.54) is 19.3 Å². The van der Waals surface area contributed by atoms with Crippen LogP contribution in [0.3, 0.4) is 0 Å². The minimum atomic E-state index is -0.219. The predicted octanol–water partition coefficient (Wildman–Crippen LogP) is 2.10. The van der Waals surface area contributed by atoms with Gasteiger partial charge < -0.3 is 14.8 Å². The van der Waals surface area contributed by atoms with Gasteiger partial charge in [-0.1, -0.05) is 0 Å². The Morgan fingerprint density at radius 3 is 3.00 bits per heavy atom. The van der Waals surface area contributed by atoms with Crippen LogP contribution in [0.25, 0.3) is 11.0 Å². The zero-order valence-electron chi connectivity index (χ0n) is 7.57. The second-order valence-electron chi connectivity index (χ2n) is 3.01. The zero-order chi connectivity index (χ0) is 10.1. The Kier molecular flexibility index (Phi) is 1.89. The number of carbonyl (C=O) groups is 1. The standard InChI is InChI=1S/C10H9NO3/c1-6(12)11-8-4-7-2-3-14-10(7)5-9(8)13/h2-5,13H,1H3,(H,11,12). The molecule has 0 atom stereocenters. The average molecular weight is 191 g/mol. The first-order valence-electron chi connectivity index (χ1n) is 4.14. The van der Waals surface area contributed by atoms with Crippen molar-refractivity contribution in [2.75, 3.05) is 5.32 Å². The van der Waals surface area contributed by atoms with E-state index in [4.69, 9.17) is 4.42 Å². The quantitative estimate of drug-likeness (QED) is 0.678. The average Bonchev–Trinajstić information content (AvgIpc) is 2.51. The van der Waals surface area contributed by atoms with Gasteiger partial charge in [0, 0.05) is 18.4 Å². The molecule has 1 heterocycles. The molecule has 1 aromatic carbocycles. The van der Waals surface area contributed by atoms with Crippen LogP contribution < -0.4 is 5.32 Å². The molecule has 0 bridgehead atoms. The molecule has 72 valence electrons. The fourth-order valence-electron chi connectivity index (χ4n) is 1.29. The topological polar surface area (TPSA) is 62.5 Å². The first-order chi connectivity index (χ1) is 6.66. The summed E-state index contributed by atoms with van der Waals surface area (Å²) in [4.78, 5) is 10.8. The van der Waals surface area contributed by atoms with E-state index in [1.54, 1.807) is 12.1 Å². The Morgan fingerprint density at radius 2 is 2.29 bits per heavy atom. The van der Waals surface area contributed by atoms with Crippen LogP contribution in [0.1, 0.15) is 6.92 Å². The number of amides is 1. The van der Waals surface area contributed by atoms with Crippen molar-refractivity contribution in [3.05, 3.63) is 24.5 Å². The molecule has 1 aromatic heterocycles. The molecular formula is C10H9NO3. The van der Waals surface area contributed by atoms with Crippen molar-refractivity contribution in [3.63, 3.8) is 0 Å². The van der Waals surface area contributed by atoms with Gasteiger partial charge in [0.05, 0.1) is 12.0 Å². The normalized spacial score (nSPS) is 10.4. The minimum Gasteiger partial charge on any atom is -0.506 e. The molecule has 0 saturated heterocycles. The number of nitrogens with one attached hydrogen (secondary N) is 1. The van der Waals surface area contributed by atoms with Crippen LogP contribution in [0.4, 0.5) is 5.69 Å². The first-order valence-corrected chi connectivity index (χ1v) is 4.14. The van der Waals surface area contributed by atoms with E-state index >= 15 is 0 Å². The van der Waals surface area contributed by atoms with Crippen molar-refractivity contribution >= 4 is 22.6 Å². The van der Waals surface area contributed by atoms with E-state index in [0.717, 1.165) is 5.39 Å². The molecule has 1 amide bonds. The minimum absolute atomic E-state index is 0.00245. The third-order valence-electron chi connectivity index (χ3n) is 1.88. The Labute approximate surface area is 80.1 Å². The second kappa shape index (κ2) is 3.06. The van der Waals surface area contributed by atoms with Gasteiger partial charge in [0.2, 0.25) is 5.91 Å². The molecule has 0 spiro atoms. The van der Waals surface area contributed by atoms with Crippen molar-refractivity contribution in [3.8, 4) is 5.75 Å². The van der Waals surface area contributed by atoms with Crippen LogP contribution in [0, 0.1) is 0 Å². The molecule has 2 aromatic rings. The molecule has 2 N–H and O–H groups in total. The lowest BCUT2D eigenvalue weighted by molar-refractivity contribution is -0.114. The van der Waals surface area contributed by atoms with Gasteiger partial charge in [-0.05, 0) is 12.1 Å². The summed E-state index contributed by atoms with van der Waals surface area (Å²) in [5, 5.41) is 12.9. The third-order valence-corrected chi connectivity index (χ3v) is 1.88. The van der Waals surface area contributed by atoms with E-state index < -0.39 is 0 Å². The highest BCUT2D eigenvalue weighted by molar-refractivity contribution is 5.94. The highest BCUT2D eigenvalue weighted by Gasteiger charge is 2.06. The van der Waals surface area contributed by atoms with Crippen molar-refractivity contribution in [2.45, 2.75) is 6.92 Å². The molecule has 0 aliphatic heterocycles. The van der Waals surface area contributed by atoms with Crippen molar-refractivity contribution in [1.82, 2.24) is 0 Å². The van der Waals surface area contributed by atoms with Gasteiger partial charge >= 0.3 is 0 Å². The zero-order valence-corrected chi connectivity index (χ0v) is 7.57. The van der Waals surface area contributed by atoms with Gasteiger partial charge in [-0.3, -0.25) is 4.79 Å². The number of hydrogen-bond donors (Lipinski definition) is 2. The fourth-order valence-corrected chi connectivity index (χ4v) is 1.29. The molecule has 14 heavy (non-hydrogen) atoms. The number of aromatic hydroxyl groups is 1. The smallest absolute Gasteiger partial charge is 0.221 e. The molecule has 0 unspecified atom stereocenters. The fraction of sp³-hybridized carbons (Fsp3) is 0.100. The van der Waals surface area contributed by atoms with Crippen LogP contribution in [0.5, 0.6) is 5.75 Å². The number of rotatable bonds is 1. The Morgan fingerprint density at radius 1 is 1.50 bits per heavy atom. The summed E-state index contributed by atoms with van der Waals surface area (Å²) in [6, 6.07) is 4.90. The number of hydrogen-bond acceptors (Lipinski definition) is 3. The highest BCUT2D eigenvalue weighted by atomic mass is 16.3. The highest BCUT2D eigenvalue weighted by Crippen LogP contribution is 2.29. The second-order valence-corrected chi connectivity index (χ2v) is 3.01. The number of phenols is 1. The summed E-state index contributed by atoms with van der Waals surface area (Å²) in [5.41, 5.74) is 0.989. The van der Waals surface area contributed by atoms with E-state index in [-0.39, 0.29) is 11.7 Å². The number of furan rings is 1. The van der Waals surface area contributed by atoms with E-state index in [9.17, 15) is 9.90 Å². The van der Waals surface area contributed by atoms with Crippen LogP contribution in [0.15, 0.2) is 28.9 Å². The molecule has 0 saturated carbocycles. The lowest BCUT2D eigenvalue weighted by Gasteiger charge is -2.04. The summed E-state index contributed by atoms with van der Waals surface area (Å²) in [6.07, 6.45) is 1.53. The number of anilines is 1. The van der Waals surface area contributed by atoms with E-state index in [2.05, 4.69) is 5.32 Å². The van der Waals surface area contributed by atoms with Crippen LogP contribution >= 0.6 is 0 Å². The molecule has 0 aliphatic rings. The summed E-state index contributed by atoms with van der Waals surface area (Å²) in [5.74, 6) is -0.217. The lowest BCUT2D eigenvalue weighted by atomic mass is 10.2. The molecule has 4 heteroatoms. The molecule has 2 rings (SSSR count). The van der Waals surface area contributed by atoms with Gasteiger partial charge in [-0.15, -0.1) is 0 Å². The van der Waals surface area contributed by atoms with Crippen LogP contribution in [-0.4, -0.2) is 11.0 Å². The Bertz CT molecular complexity index is 487. The van der Waals surface area contributed by atoms with Crippen molar-refractivity contribution < 1.29 is 14.3 Å². The van der Waals surface area contributed by atoms with Gasteiger partial charge in [0.1, 0.15) is 11.3 Å². The summed E-state index contributed by atoms with van der Waals surface area (Å²) < 4.78 is 5.09.